The zero-order valence-corrected chi connectivity index (χ0v) is 14.0. The van der Waals surface area contributed by atoms with E-state index in [9.17, 15) is 4.79 Å². The molecule has 1 heterocycles. The fraction of sp³-hybridized carbons (Fsp3) is 0.533. The Kier molecular flexibility index (Phi) is 9.62. The van der Waals surface area contributed by atoms with Crippen LogP contribution < -0.4 is 11.1 Å². The number of likely N-dealkylation sites (N-methyl/N-ethyl adjacent to an activating group) is 1. The minimum atomic E-state index is -0.572. The first-order valence-electron chi connectivity index (χ1n) is 7.04. The molecule has 0 bridgehead atoms. The Morgan fingerprint density at radius 1 is 1.38 bits per heavy atom. The lowest BCUT2D eigenvalue weighted by atomic mass is 10.1. The number of benzene rings is 1. The lowest BCUT2D eigenvalue weighted by Crippen LogP contribution is -2.43. The summed E-state index contributed by atoms with van der Waals surface area (Å²) in [5.74, 6) is -0.0887. The molecule has 6 heteroatoms. The van der Waals surface area contributed by atoms with E-state index in [4.69, 9.17) is 5.73 Å². The highest BCUT2D eigenvalue weighted by molar-refractivity contribution is 5.85. The van der Waals surface area contributed by atoms with Crippen LogP contribution in [0.25, 0.3) is 0 Å². The molecular weight excluding hydrogens is 309 g/mol. The third kappa shape index (κ3) is 5.47. The van der Waals surface area contributed by atoms with Crippen molar-refractivity contribution in [2.24, 2.45) is 5.73 Å². The molecule has 1 aliphatic rings. The van der Waals surface area contributed by atoms with Crippen LogP contribution >= 0.6 is 24.8 Å². The smallest absolute Gasteiger partial charge is 0.241 e. The lowest BCUT2D eigenvalue weighted by Gasteiger charge is -2.23. The number of carbonyl (C=O) groups is 1. The van der Waals surface area contributed by atoms with E-state index >= 15 is 0 Å². The van der Waals surface area contributed by atoms with Gasteiger partial charge in [-0.25, -0.2) is 0 Å². The number of nitrogens with zero attached hydrogens (tertiary/aromatic N) is 1. The van der Waals surface area contributed by atoms with Crippen molar-refractivity contribution >= 4 is 30.7 Å². The summed E-state index contributed by atoms with van der Waals surface area (Å²) in [6.45, 7) is 5.05. The predicted octanol–water partition coefficient (Wildman–Crippen LogP) is 2.13. The van der Waals surface area contributed by atoms with Crippen molar-refractivity contribution < 1.29 is 4.79 Å². The molecule has 1 fully saturated rings. The highest BCUT2D eigenvalue weighted by atomic mass is 35.5. The Hall–Kier alpha value is -0.810. The van der Waals surface area contributed by atoms with Crippen molar-refractivity contribution in [3.05, 3.63) is 35.9 Å². The van der Waals surface area contributed by atoms with E-state index < -0.39 is 6.04 Å². The van der Waals surface area contributed by atoms with Crippen LogP contribution in [0.15, 0.2) is 30.3 Å². The molecule has 2 atom stereocenters. The topological polar surface area (TPSA) is 58.4 Å². The number of carbonyl (C=O) groups excluding carboxylic acids is 1. The van der Waals surface area contributed by atoms with Gasteiger partial charge in [-0.1, -0.05) is 37.3 Å². The van der Waals surface area contributed by atoms with Crippen LogP contribution in [0.3, 0.4) is 0 Å². The zero-order chi connectivity index (χ0) is 13.7. The van der Waals surface area contributed by atoms with Crippen molar-refractivity contribution in [1.29, 1.82) is 0 Å². The summed E-state index contributed by atoms with van der Waals surface area (Å²) < 4.78 is 0. The highest BCUT2D eigenvalue weighted by Crippen LogP contribution is 2.16. The van der Waals surface area contributed by atoms with E-state index in [1.165, 1.54) is 6.42 Å². The molecule has 0 spiro atoms. The molecule has 1 amide bonds. The van der Waals surface area contributed by atoms with Crippen LogP contribution in [0, 0.1) is 0 Å². The number of amides is 1. The van der Waals surface area contributed by atoms with Gasteiger partial charge in [0.2, 0.25) is 5.91 Å². The average molecular weight is 334 g/mol. The number of nitrogens with two attached hydrogens (primary N) is 1. The molecular formula is C15H25Cl2N3O. The van der Waals surface area contributed by atoms with E-state index in [1.807, 2.05) is 30.3 Å². The van der Waals surface area contributed by atoms with Gasteiger partial charge in [-0.15, -0.1) is 24.8 Å². The molecule has 21 heavy (non-hydrogen) atoms. The Balaban J connectivity index is 0.00000200. The molecule has 3 N–H and O–H groups in total. The van der Waals surface area contributed by atoms with Gasteiger partial charge >= 0.3 is 0 Å². The minimum absolute atomic E-state index is 0. The number of nitrogens with one attached hydrogen (secondary N) is 1. The molecule has 1 aromatic rings. The fourth-order valence-corrected chi connectivity index (χ4v) is 2.68. The Morgan fingerprint density at radius 3 is 2.67 bits per heavy atom. The monoisotopic (exact) mass is 333 g/mol. The summed E-state index contributed by atoms with van der Waals surface area (Å²) in [6.07, 6.45) is 2.38. The summed E-state index contributed by atoms with van der Waals surface area (Å²) in [6, 6.07) is 9.40. The molecule has 2 unspecified atom stereocenters. The van der Waals surface area contributed by atoms with E-state index in [2.05, 4.69) is 17.1 Å². The third-order valence-corrected chi connectivity index (χ3v) is 3.86. The van der Waals surface area contributed by atoms with Gasteiger partial charge in [0.05, 0.1) is 0 Å². The quantitative estimate of drug-likeness (QED) is 0.867. The largest absolute Gasteiger partial charge is 0.353 e. The molecule has 1 aromatic carbocycles. The first-order chi connectivity index (χ1) is 9.22. The van der Waals surface area contributed by atoms with Crippen LogP contribution in [-0.4, -0.2) is 36.5 Å². The van der Waals surface area contributed by atoms with Crippen LogP contribution in [0.4, 0.5) is 0 Å². The number of likely N-dealkylation sites (tertiary alicyclic amines) is 1. The molecule has 0 aliphatic carbocycles. The third-order valence-electron chi connectivity index (χ3n) is 3.86. The maximum absolute atomic E-state index is 12.0. The summed E-state index contributed by atoms with van der Waals surface area (Å²) >= 11 is 0. The summed E-state index contributed by atoms with van der Waals surface area (Å²) in [7, 11) is 0. The molecule has 1 saturated heterocycles. The van der Waals surface area contributed by atoms with Gasteiger partial charge in [0.15, 0.2) is 0 Å². The molecule has 4 nitrogen and oxygen atoms in total. The van der Waals surface area contributed by atoms with Gasteiger partial charge in [-0.2, -0.15) is 0 Å². The predicted molar refractivity (Wildman–Crippen MR) is 91.1 cm³/mol. The van der Waals surface area contributed by atoms with E-state index in [0.29, 0.717) is 12.6 Å². The maximum Gasteiger partial charge on any atom is 0.241 e. The number of rotatable bonds is 5. The normalized spacial score (nSPS) is 19.2. The van der Waals surface area contributed by atoms with Crippen molar-refractivity contribution in [3.63, 3.8) is 0 Å². The van der Waals surface area contributed by atoms with Gasteiger partial charge in [0.25, 0.3) is 0 Å². The molecule has 2 rings (SSSR count). The van der Waals surface area contributed by atoms with Crippen molar-refractivity contribution in [2.45, 2.75) is 31.8 Å². The number of halogens is 2. The van der Waals surface area contributed by atoms with Crippen LogP contribution in [0.2, 0.25) is 0 Å². The zero-order valence-electron chi connectivity index (χ0n) is 12.3. The van der Waals surface area contributed by atoms with Crippen molar-refractivity contribution in [3.8, 4) is 0 Å². The SMILES string of the molecule is CCN1CCCC1CNC(=O)C(N)c1ccccc1.Cl.Cl. The van der Waals surface area contributed by atoms with Gasteiger partial charge < -0.3 is 11.1 Å². The highest BCUT2D eigenvalue weighted by Gasteiger charge is 2.24. The van der Waals surface area contributed by atoms with Gasteiger partial charge in [-0.3, -0.25) is 9.69 Å². The minimum Gasteiger partial charge on any atom is -0.353 e. The number of hydrogen-bond acceptors (Lipinski definition) is 3. The summed E-state index contributed by atoms with van der Waals surface area (Å²) in [4.78, 5) is 14.5. The van der Waals surface area contributed by atoms with Gasteiger partial charge in [0.1, 0.15) is 6.04 Å². The molecule has 0 radical (unpaired) electrons. The van der Waals surface area contributed by atoms with E-state index in [-0.39, 0.29) is 30.7 Å². The van der Waals surface area contributed by atoms with Crippen LogP contribution in [0.1, 0.15) is 31.4 Å². The van der Waals surface area contributed by atoms with Crippen molar-refractivity contribution in [1.82, 2.24) is 10.2 Å². The molecule has 120 valence electrons. The lowest BCUT2D eigenvalue weighted by molar-refractivity contribution is -0.122. The summed E-state index contributed by atoms with van der Waals surface area (Å²) in [5, 5.41) is 2.98. The Bertz CT molecular complexity index is 417. The standard InChI is InChI=1S/C15H23N3O.2ClH/c1-2-18-10-6-9-13(18)11-17-15(19)14(16)12-7-4-3-5-8-12;;/h3-5,7-8,13-14H,2,6,9-11,16H2,1H3,(H,17,19);2*1H. The Morgan fingerprint density at radius 2 is 2.05 bits per heavy atom. The second kappa shape index (κ2) is 10.0. The molecule has 1 aliphatic heterocycles. The van der Waals surface area contributed by atoms with Crippen molar-refractivity contribution in [2.75, 3.05) is 19.6 Å². The first-order valence-corrected chi connectivity index (χ1v) is 7.04. The Labute approximate surface area is 139 Å². The number of hydrogen-bond donors (Lipinski definition) is 2. The second-order valence-electron chi connectivity index (χ2n) is 5.06. The van der Waals surface area contributed by atoms with Crippen LogP contribution in [0.5, 0.6) is 0 Å². The van der Waals surface area contributed by atoms with E-state index in [1.54, 1.807) is 0 Å². The van der Waals surface area contributed by atoms with Gasteiger partial charge in [-0.05, 0) is 31.5 Å². The second-order valence-corrected chi connectivity index (χ2v) is 5.06. The fourth-order valence-electron chi connectivity index (χ4n) is 2.68. The van der Waals surface area contributed by atoms with Gasteiger partial charge in [0, 0.05) is 12.6 Å². The maximum atomic E-state index is 12.0. The van der Waals surface area contributed by atoms with Crippen LogP contribution in [-0.2, 0) is 4.79 Å². The van der Waals surface area contributed by atoms with E-state index in [0.717, 1.165) is 25.1 Å². The first kappa shape index (κ1) is 20.2. The molecule has 0 saturated carbocycles. The summed E-state index contributed by atoms with van der Waals surface area (Å²) in [5.41, 5.74) is 6.82. The average Bonchev–Trinajstić information content (AvgIpc) is 2.92. The molecule has 0 aromatic heterocycles.